The number of likely N-dealkylation sites (tertiary alicyclic amines) is 1. The summed E-state index contributed by atoms with van der Waals surface area (Å²) in [6.45, 7) is 4.86. The molecule has 1 amide bonds. The molecular weight excluding hydrogens is 270 g/mol. The van der Waals surface area contributed by atoms with Crippen molar-refractivity contribution in [1.82, 2.24) is 14.7 Å². The number of rotatable bonds is 3. The van der Waals surface area contributed by atoms with Gasteiger partial charge in [-0.05, 0) is 38.7 Å². The Morgan fingerprint density at radius 2 is 2.24 bits per heavy atom. The highest BCUT2D eigenvalue weighted by Gasteiger charge is 2.55. The van der Waals surface area contributed by atoms with Crippen LogP contribution >= 0.6 is 0 Å². The normalized spacial score (nSPS) is 28.1. The monoisotopic (exact) mass is 291 g/mol. The van der Waals surface area contributed by atoms with Crippen LogP contribution in [0.3, 0.4) is 0 Å². The van der Waals surface area contributed by atoms with E-state index < -0.39 is 11.4 Å². The van der Waals surface area contributed by atoms with Gasteiger partial charge in [-0.1, -0.05) is 6.42 Å². The third-order valence-corrected chi connectivity index (χ3v) is 4.94. The van der Waals surface area contributed by atoms with Crippen LogP contribution < -0.4 is 0 Å². The number of nitrogens with zero attached hydrogens (tertiary/aromatic N) is 3. The van der Waals surface area contributed by atoms with Crippen LogP contribution in [-0.2, 0) is 4.79 Å². The first-order chi connectivity index (χ1) is 9.94. The van der Waals surface area contributed by atoms with Gasteiger partial charge in [-0.2, -0.15) is 5.10 Å². The van der Waals surface area contributed by atoms with Crippen molar-refractivity contribution in [2.24, 2.45) is 11.3 Å². The molecule has 114 valence electrons. The van der Waals surface area contributed by atoms with Crippen molar-refractivity contribution in [3.8, 4) is 0 Å². The van der Waals surface area contributed by atoms with Gasteiger partial charge < -0.3 is 10.0 Å². The fraction of sp³-hybridized carbons (Fsp3) is 0.667. The number of carbonyl (C=O) groups excluding carboxylic acids is 1. The molecule has 1 saturated heterocycles. The van der Waals surface area contributed by atoms with E-state index in [9.17, 15) is 14.7 Å². The van der Waals surface area contributed by atoms with Gasteiger partial charge in [0.05, 0.1) is 5.41 Å². The molecule has 1 aliphatic heterocycles. The molecule has 0 aromatic carbocycles. The summed E-state index contributed by atoms with van der Waals surface area (Å²) in [5.41, 5.74) is -0.319. The maximum Gasteiger partial charge on any atom is 0.311 e. The molecule has 6 heteroatoms. The first kappa shape index (κ1) is 14.1. The molecule has 0 radical (unpaired) electrons. The zero-order chi connectivity index (χ0) is 15.2. The first-order valence-electron chi connectivity index (χ1n) is 7.52. The molecule has 0 spiro atoms. The second-order valence-electron chi connectivity index (χ2n) is 6.51. The summed E-state index contributed by atoms with van der Waals surface area (Å²) in [7, 11) is 0. The predicted octanol–water partition coefficient (Wildman–Crippen LogP) is 1.79. The Morgan fingerprint density at radius 1 is 1.48 bits per heavy atom. The second-order valence-corrected chi connectivity index (χ2v) is 6.51. The van der Waals surface area contributed by atoms with E-state index in [1.165, 1.54) is 0 Å². The SMILES string of the molecule is CC(C)n1ccc(C(=O)N2C[C@@H]3CCC[C@@]3(C(=O)O)C2)n1. The molecule has 1 saturated carbocycles. The lowest BCUT2D eigenvalue weighted by atomic mass is 9.81. The summed E-state index contributed by atoms with van der Waals surface area (Å²) in [6.07, 6.45) is 4.32. The summed E-state index contributed by atoms with van der Waals surface area (Å²) in [6, 6.07) is 1.92. The van der Waals surface area contributed by atoms with Crippen LogP contribution in [0.25, 0.3) is 0 Å². The molecular formula is C15H21N3O3. The van der Waals surface area contributed by atoms with Crippen LogP contribution in [0.2, 0.25) is 0 Å². The van der Waals surface area contributed by atoms with Gasteiger partial charge in [0.25, 0.3) is 5.91 Å². The van der Waals surface area contributed by atoms with Gasteiger partial charge in [-0.3, -0.25) is 14.3 Å². The van der Waals surface area contributed by atoms with Crippen molar-refractivity contribution in [2.75, 3.05) is 13.1 Å². The highest BCUT2D eigenvalue weighted by atomic mass is 16.4. The van der Waals surface area contributed by atoms with Gasteiger partial charge in [-0.15, -0.1) is 0 Å². The van der Waals surface area contributed by atoms with E-state index in [0.29, 0.717) is 25.2 Å². The Balaban J connectivity index is 1.79. The van der Waals surface area contributed by atoms with E-state index in [1.54, 1.807) is 21.8 Å². The molecule has 1 N–H and O–H groups in total. The minimum atomic E-state index is -0.756. The fourth-order valence-electron chi connectivity index (χ4n) is 3.70. The molecule has 2 heterocycles. The van der Waals surface area contributed by atoms with Gasteiger partial charge >= 0.3 is 5.97 Å². The van der Waals surface area contributed by atoms with E-state index in [1.807, 2.05) is 13.8 Å². The number of amides is 1. The predicted molar refractivity (Wildman–Crippen MR) is 75.9 cm³/mol. The minimum absolute atomic E-state index is 0.0890. The van der Waals surface area contributed by atoms with Crippen molar-refractivity contribution in [2.45, 2.75) is 39.2 Å². The molecule has 3 rings (SSSR count). The van der Waals surface area contributed by atoms with Crippen molar-refractivity contribution in [3.63, 3.8) is 0 Å². The Kier molecular flexibility index (Phi) is 3.26. The molecule has 1 aliphatic carbocycles. The highest BCUT2D eigenvalue weighted by Crippen LogP contribution is 2.49. The molecule has 2 fully saturated rings. The molecule has 2 atom stereocenters. The molecule has 1 aromatic rings. The smallest absolute Gasteiger partial charge is 0.311 e. The number of hydrogen-bond donors (Lipinski definition) is 1. The Bertz CT molecular complexity index is 580. The third kappa shape index (κ3) is 2.13. The van der Waals surface area contributed by atoms with Gasteiger partial charge in [0.1, 0.15) is 5.69 Å². The lowest BCUT2D eigenvalue weighted by molar-refractivity contribution is -0.149. The standard InChI is InChI=1S/C15H21N3O3/c1-10(2)18-7-5-12(16-18)13(19)17-8-11-4-3-6-15(11,9-17)14(20)21/h5,7,10-11H,3-4,6,8-9H2,1-2H3,(H,20,21)/t11-,15+/m0/s1. The average Bonchev–Trinajstić information content (AvgIpc) is 3.11. The number of carboxylic acids is 1. The van der Waals surface area contributed by atoms with Crippen molar-refractivity contribution < 1.29 is 14.7 Å². The summed E-state index contributed by atoms with van der Waals surface area (Å²) in [5, 5.41) is 13.9. The Labute approximate surface area is 123 Å². The number of hydrogen-bond acceptors (Lipinski definition) is 3. The van der Waals surface area contributed by atoms with E-state index in [0.717, 1.165) is 12.8 Å². The van der Waals surface area contributed by atoms with Crippen LogP contribution in [-0.4, -0.2) is 44.8 Å². The maximum absolute atomic E-state index is 12.5. The van der Waals surface area contributed by atoms with Crippen LogP contribution in [0.1, 0.15) is 49.6 Å². The maximum atomic E-state index is 12.5. The number of carbonyl (C=O) groups is 2. The van der Waals surface area contributed by atoms with E-state index in [4.69, 9.17) is 0 Å². The van der Waals surface area contributed by atoms with Gasteiger partial charge in [0.15, 0.2) is 0 Å². The zero-order valence-corrected chi connectivity index (χ0v) is 12.5. The average molecular weight is 291 g/mol. The molecule has 21 heavy (non-hydrogen) atoms. The Morgan fingerprint density at radius 3 is 2.81 bits per heavy atom. The van der Waals surface area contributed by atoms with Crippen LogP contribution in [0.5, 0.6) is 0 Å². The Hall–Kier alpha value is -1.85. The highest BCUT2D eigenvalue weighted by molar-refractivity contribution is 5.93. The number of aliphatic carboxylic acids is 1. The van der Waals surface area contributed by atoms with E-state index >= 15 is 0 Å². The largest absolute Gasteiger partial charge is 0.481 e. The van der Waals surface area contributed by atoms with Crippen molar-refractivity contribution in [1.29, 1.82) is 0 Å². The topological polar surface area (TPSA) is 75.4 Å². The molecule has 1 aromatic heterocycles. The van der Waals surface area contributed by atoms with Gasteiger partial charge in [0.2, 0.25) is 0 Å². The molecule has 0 bridgehead atoms. The summed E-state index contributed by atoms with van der Waals surface area (Å²) in [5.74, 6) is -0.816. The number of carboxylic acid groups (broad SMARTS) is 1. The lowest BCUT2D eigenvalue weighted by Gasteiger charge is -2.23. The van der Waals surface area contributed by atoms with E-state index in [2.05, 4.69) is 5.10 Å². The van der Waals surface area contributed by atoms with Gasteiger partial charge in [-0.25, -0.2) is 0 Å². The van der Waals surface area contributed by atoms with Crippen LogP contribution in [0, 0.1) is 11.3 Å². The third-order valence-electron chi connectivity index (χ3n) is 4.94. The number of aromatic nitrogens is 2. The second kappa shape index (κ2) is 4.86. The molecule has 0 unspecified atom stereocenters. The fourth-order valence-corrected chi connectivity index (χ4v) is 3.70. The molecule has 2 aliphatic rings. The number of fused-ring (bicyclic) bond motifs is 1. The van der Waals surface area contributed by atoms with Crippen LogP contribution in [0.4, 0.5) is 0 Å². The zero-order valence-electron chi connectivity index (χ0n) is 12.5. The van der Waals surface area contributed by atoms with Crippen LogP contribution in [0.15, 0.2) is 12.3 Å². The summed E-state index contributed by atoms with van der Waals surface area (Å²) in [4.78, 5) is 25.9. The minimum Gasteiger partial charge on any atom is -0.481 e. The summed E-state index contributed by atoms with van der Waals surface area (Å²) < 4.78 is 1.75. The quantitative estimate of drug-likeness (QED) is 0.921. The van der Waals surface area contributed by atoms with Crippen molar-refractivity contribution in [3.05, 3.63) is 18.0 Å². The molecule has 6 nitrogen and oxygen atoms in total. The van der Waals surface area contributed by atoms with E-state index in [-0.39, 0.29) is 17.9 Å². The summed E-state index contributed by atoms with van der Waals surface area (Å²) >= 11 is 0. The van der Waals surface area contributed by atoms with Crippen molar-refractivity contribution >= 4 is 11.9 Å². The lowest BCUT2D eigenvalue weighted by Crippen LogP contribution is -2.37. The van der Waals surface area contributed by atoms with Gasteiger partial charge in [0, 0.05) is 25.3 Å². The first-order valence-corrected chi connectivity index (χ1v) is 7.52.